The summed E-state index contributed by atoms with van der Waals surface area (Å²) in [5.41, 5.74) is 3.01. The van der Waals surface area contributed by atoms with Gasteiger partial charge in [-0.1, -0.05) is 0 Å². The van der Waals surface area contributed by atoms with Gasteiger partial charge in [-0.05, 0) is 30.2 Å². The molecule has 3 nitrogen and oxygen atoms in total. The van der Waals surface area contributed by atoms with E-state index >= 15 is 0 Å². The highest BCUT2D eigenvalue weighted by Gasteiger charge is 2.08. The van der Waals surface area contributed by atoms with Crippen molar-refractivity contribution in [2.75, 3.05) is 6.54 Å². The summed E-state index contributed by atoms with van der Waals surface area (Å²) in [7, 11) is 0. The van der Waals surface area contributed by atoms with Crippen molar-refractivity contribution in [2.24, 2.45) is 0 Å². The van der Waals surface area contributed by atoms with Gasteiger partial charge in [0.25, 0.3) is 0 Å². The zero-order chi connectivity index (χ0) is 8.39. The van der Waals surface area contributed by atoms with Crippen LogP contribution in [0.15, 0.2) is 12.3 Å². The van der Waals surface area contributed by atoms with Gasteiger partial charge < -0.3 is 5.32 Å². The predicted molar refractivity (Wildman–Crippen MR) is 44.4 cm³/mol. The Morgan fingerprint density at radius 1 is 1.50 bits per heavy atom. The van der Waals surface area contributed by atoms with E-state index < -0.39 is 0 Å². The summed E-state index contributed by atoms with van der Waals surface area (Å²) in [6, 6.07) is 3.93. The van der Waals surface area contributed by atoms with E-state index in [1.807, 2.05) is 12.1 Å². The Kier molecular flexibility index (Phi) is 1.77. The zero-order valence-electron chi connectivity index (χ0n) is 6.67. The highest BCUT2D eigenvalue weighted by molar-refractivity contribution is 5.33. The number of nitrogens with one attached hydrogen (secondary N) is 1. The molecule has 1 aromatic heterocycles. The van der Waals surface area contributed by atoms with Gasteiger partial charge in [0, 0.05) is 12.7 Å². The first-order valence-corrected chi connectivity index (χ1v) is 3.99. The number of fused-ring (bicyclic) bond motifs is 1. The molecule has 0 fully saturated rings. The first-order valence-electron chi connectivity index (χ1n) is 3.99. The molecule has 0 saturated carbocycles. The maximum absolute atomic E-state index is 8.61. The van der Waals surface area contributed by atoms with E-state index in [9.17, 15) is 0 Å². The molecule has 12 heavy (non-hydrogen) atoms. The first kappa shape index (κ1) is 7.26. The Morgan fingerprint density at radius 3 is 3.25 bits per heavy atom. The minimum atomic E-state index is 0.524. The molecule has 0 bridgehead atoms. The van der Waals surface area contributed by atoms with Gasteiger partial charge in [0.2, 0.25) is 0 Å². The number of nitriles is 1. The molecule has 1 aliphatic rings. The zero-order valence-corrected chi connectivity index (χ0v) is 6.67. The van der Waals surface area contributed by atoms with Gasteiger partial charge >= 0.3 is 0 Å². The lowest BCUT2D eigenvalue weighted by atomic mass is 10.0. The Morgan fingerprint density at radius 2 is 2.42 bits per heavy atom. The fourth-order valence-electron chi connectivity index (χ4n) is 1.42. The van der Waals surface area contributed by atoms with Crippen molar-refractivity contribution in [3.8, 4) is 6.07 Å². The van der Waals surface area contributed by atoms with Crippen LogP contribution in [0.3, 0.4) is 0 Å². The van der Waals surface area contributed by atoms with E-state index in [1.54, 1.807) is 6.20 Å². The van der Waals surface area contributed by atoms with Crippen molar-refractivity contribution >= 4 is 0 Å². The van der Waals surface area contributed by atoms with Crippen LogP contribution in [-0.2, 0) is 13.0 Å². The first-order chi connectivity index (χ1) is 5.90. The monoisotopic (exact) mass is 159 g/mol. The van der Waals surface area contributed by atoms with Crippen molar-refractivity contribution in [1.82, 2.24) is 10.3 Å². The summed E-state index contributed by atoms with van der Waals surface area (Å²) < 4.78 is 0. The minimum Gasteiger partial charge on any atom is -0.312 e. The van der Waals surface area contributed by atoms with Crippen LogP contribution in [0.2, 0.25) is 0 Å². The van der Waals surface area contributed by atoms with Gasteiger partial charge in [0.1, 0.15) is 11.8 Å². The number of pyridine rings is 1. The average Bonchev–Trinajstić information content (AvgIpc) is 2.17. The van der Waals surface area contributed by atoms with Crippen molar-refractivity contribution in [3.63, 3.8) is 0 Å². The molecule has 60 valence electrons. The predicted octanol–water partition coefficient (Wildman–Crippen LogP) is 0.599. The van der Waals surface area contributed by atoms with E-state index in [0.29, 0.717) is 5.69 Å². The summed E-state index contributed by atoms with van der Waals surface area (Å²) >= 11 is 0. The van der Waals surface area contributed by atoms with Crippen LogP contribution in [0.1, 0.15) is 16.8 Å². The quantitative estimate of drug-likeness (QED) is 0.603. The SMILES string of the molecule is N#Cc1cc2c(cn1)CNCC2. The molecule has 0 radical (unpaired) electrons. The van der Waals surface area contributed by atoms with Crippen LogP contribution in [0.25, 0.3) is 0 Å². The molecule has 0 amide bonds. The van der Waals surface area contributed by atoms with Crippen LogP contribution in [0.5, 0.6) is 0 Å². The molecule has 1 aliphatic heterocycles. The normalized spacial score (nSPS) is 14.9. The number of nitrogens with zero attached hydrogens (tertiary/aromatic N) is 2. The summed E-state index contributed by atoms with van der Waals surface area (Å²) in [6.45, 7) is 1.88. The lowest BCUT2D eigenvalue weighted by Gasteiger charge is -2.15. The molecule has 0 aromatic carbocycles. The Hall–Kier alpha value is -1.40. The van der Waals surface area contributed by atoms with Crippen molar-refractivity contribution < 1.29 is 0 Å². The summed E-state index contributed by atoms with van der Waals surface area (Å²) in [6.07, 6.45) is 2.80. The van der Waals surface area contributed by atoms with E-state index in [0.717, 1.165) is 19.5 Å². The standard InChI is InChI=1S/C9H9N3/c10-4-9-3-7-1-2-11-5-8(7)6-12-9/h3,6,11H,1-2,5H2. The van der Waals surface area contributed by atoms with Crippen LogP contribution in [0, 0.1) is 11.3 Å². The van der Waals surface area contributed by atoms with Crippen molar-refractivity contribution in [2.45, 2.75) is 13.0 Å². The minimum absolute atomic E-state index is 0.524. The maximum atomic E-state index is 8.61. The fraction of sp³-hybridized carbons (Fsp3) is 0.333. The Bertz CT molecular complexity index is 338. The molecule has 3 heteroatoms. The van der Waals surface area contributed by atoms with Gasteiger partial charge in [0.05, 0.1) is 0 Å². The van der Waals surface area contributed by atoms with Gasteiger partial charge in [-0.3, -0.25) is 0 Å². The Labute approximate surface area is 71.0 Å². The highest BCUT2D eigenvalue weighted by atomic mass is 14.9. The van der Waals surface area contributed by atoms with Crippen molar-refractivity contribution in [1.29, 1.82) is 5.26 Å². The Balaban J connectivity index is 2.44. The van der Waals surface area contributed by atoms with Gasteiger partial charge in [0.15, 0.2) is 0 Å². The molecule has 0 saturated heterocycles. The van der Waals surface area contributed by atoms with E-state index in [2.05, 4.69) is 10.3 Å². The molecule has 1 N–H and O–H groups in total. The second kappa shape index (κ2) is 2.92. The molecule has 0 atom stereocenters. The molecule has 0 aliphatic carbocycles. The topological polar surface area (TPSA) is 48.7 Å². The summed E-state index contributed by atoms with van der Waals surface area (Å²) in [4.78, 5) is 4.01. The maximum Gasteiger partial charge on any atom is 0.140 e. The molecule has 2 heterocycles. The number of aromatic nitrogens is 1. The van der Waals surface area contributed by atoms with Gasteiger partial charge in [-0.2, -0.15) is 5.26 Å². The fourth-order valence-corrected chi connectivity index (χ4v) is 1.42. The van der Waals surface area contributed by atoms with Crippen LogP contribution in [0.4, 0.5) is 0 Å². The van der Waals surface area contributed by atoms with E-state index in [1.165, 1.54) is 11.1 Å². The number of hydrogen-bond acceptors (Lipinski definition) is 3. The number of hydrogen-bond donors (Lipinski definition) is 1. The second-order valence-corrected chi connectivity index (χ2v) is 2.88. The number of rotatable bonds is 0. The van der Waals surface area contributed by atoms with Crippen LogP contribution in [-0.4, -0.2) is 11.5 Å². The molecular weight excluding hydrogens is 150 g/mol. The van der Waals surface area contributed by atoms with Crippen molar-refractivity contribution in [3.05, 3.63) is 29.1 Å². The third kappa shape index (κ3) is 1.17. The van der Waals surface area contributed by atoms with Gasteiger partial charge in [-0.15, -0.1) is 0 Å². The summed E-state index contributed by atoms with van der Waals surface area (Å²) in [5.74, 6) is 0. The molecule has 0 unspecified atom stereocenters. The molecule has 0 spiro atoms. The third-order valence-corrected chi connectivity index (χ3v) is 2.08. The third-order valence-electron chi connectivity index (χ3n) is 2.08. The van der Waals surface area contributed by atoms with E-state index in [-0.39, 0.29) is 0 Å². The van der Waals surface area contributed by atoms with Gasteiger partial charge in [-0.25, -0.2) is 4.98 Å². The second-order valence-electron chi connectivity index (χ2n) is 2.88. The summed E-state index contributed by atoms with van der Waals surface area (Å²) in [5, 5.41) is 11.9. The van der Waals surface area contributed by atoms with E-state index in [4.69, 9.17) is 5.26 Å². The lowest BCUT2D eigenvalue weighted by molar-refractivity contribution is 0.640. The molecule has 2 rings (SSSR count). The molecular formula is C9H9N3. The average molecular weight is 159 g/mol. The largest absolute Gasteiger partial charge is 0.312 e. The highest BCUT2D eigenvalue weighted by Crippen LogP contribution is 2.12. The van der Waals surface area contributed by atoms with Crippen LogP contribution >= 0.6 is 0 Å². The molecule has 1 aromatic rings. The smallest absolute Gasteiger partial charge is 0.140 e. The lowest BCUT2D eigenvalue weighted by Crippen LogP contribution is -2.23. The van der Waals surface area contributed by atoms with Crippen LogP contribution < -0.4 is 5.32 Å².